The Morgan fingerprint density at radius 1 is 0.818 bits per heavy atom. The smallest absolute Gasteiger partial charge is 0.0594 e. The zero-order valence-electron chi connectivity index (χ0n) is 22.8. The molecule has 1 saturated heterocycles. The van der Waals surface area contributed by atoms with E-state index >= 15 is 0 Å². The van der Waals surface area contributed by atoms with Gasteiger partial charge >= 0.3 is 0 Å². The van der Waals surface area contributed by atoms with E-state index in [9.17, 15) is 0 Å². The molecule has 4 saturated carbocycles. The molecule has 5 rings (SSSR count). The average molecular weight is 458 g/mol. The molecule has 4 aliphatic carbocycles. The van der Waals surface area contributed by atoms with Crippen molar-refractivity contribution in [1.29, 1.82) is 0 Å². The highest BCUT2D eigenvalue weighted by molar-refractivity contribution is 5.10. The number of hydrogen-bond donors (Lipinski definition) is 0. The molecule has 0 bridgehead atoms. The van der Waals surface area contributed by atoms with Crippen molar-refractivity contribution in [3.63, 3.8) is 0 Å². The molecule has 2 unspecified atom stereocenters. The van der Waals surface area contributed by atoms with Gasteiger partial charge in [-0.2, -0.15) is 0 Å². The van der Waals surface area contributed by atoms with Crippen LogP contribution in [0, 0.1) is 52.3 Å². The van der Waals surface area contributed by atoms with E-state index in [-0.39, 0.29) is 0 Å². The van der Waals surface area contributed by atoms with E-state index in [1.165, 1.54) is 70.9 Å². The fourth-order valence-electron chi connectivity index (χ4n) is 10.5. The highest BCUT2D eigenvalue weighted by atomic mass is 16.5. The first-order valence-corrected chi connectivity index (χ1v) is 15.1. The SMILES string of the molecule is CC(C)CCC[C@@H](C)[C@H]1CC[C@H]2[C@@H]3CCC4CC(N5CCOCC5)CC[C@]4(C)[C@H]3CC[C@]12C. The van der Waals surface area contributed by atoms with Crippen LogP contribution in [-0.2, 0) is 4.74 Å². The fourth-order valence-corrected chi connectivity index (χ4v) is 10.5. The highest BCUT2D eigenvalue weighted by Gasteiger charge is 2.60. The maximum absolute atomic E-state index is 5.65. The zero-order chi connectivity index (χ0) is 23.2. The minimum absolute atomic E-state index is 0.633. The number of fused-ring (bicyclic) bond motifs is 5. The van der Waals surface area contributed by atoms with Crippen LogP contribution in [0.1, 0.15) is 112 Å². The standard InChI is InChI=1S/C31H55NO/c1-22(2)7-6-8-23(3)27-11-12-28-26-10-9-24-21-25(32-17-19-33-20-18-32)13-15-30(24,4)29(26)14-16-31(27,28)5/h22-29H,6-21H2,1-5H3/t23-,24?,25?,26+,27-,28+,29+,30+,31-/m1/s1. The predicted molar refractivity (Wildman–Crippen MR) is 139 cm³/mol. The van der Waals surface area contributed by atoms with E-state index in [1.54, 1.807) is 19.3 Å². The molecule has 5 fully saturated rings. The third kappa shape index (κ3) is 4.47. The Hall–Kier alpha value is -0.0800. The second-order valence-corrected chi connectivity index (χ2v) is 14.3. The number of nitrogens with zero attached hydrogens (tertiary/aromatic N) is 1. The molecule has 2 heteroatoms. The monoisotopic (exact) mass is 457 g/mol. The molecule has 1 aliphatic heterocycles. The maximum Gasteiger partial charge on any atom is 0.0594 e. The lowest BCUT2D eigenvalue weighted by Crippen LogP contribution is -2.56. The Labute approximate surface area is 206 Å². The molecule has 9 atom stereocenters. The second kappa shape index (κ2) is 9.76. The Morgan fingerprint density at radius 3 is 2.30 bits per heavy atom. The number of ether oxygens (including phenoxy) is 1. The molecule has 0 aromatic carbocycles. The van der Waals surface area contributed by atoms with Gasteiger partial charge in [-0.15, -0.1) is 0 Å². The first-order chi connectivity index (χ1) is 15.8. The normalized spacial score (nSPS) is 47.1. The lowest BCUT2D eigenvalue weighted by atomic mass is 9.44. The van der Waals surface area contributed by atoms with Crippen LogP contribution in [0.15, 0.2) is 0 Å². The van der Waals surface area contributed by atoms with Crippen LogP contribution in [0.4, 0.5) is 0 Å². The van der Waals surface area contributed by atoms with Crippen molar-refractivity contribution >= 4 is 0 Å². The van der Waals surface area contributed by atoms with Gasteiger partial charge in [0.15, 0.2) is 0 Å². The fraction of sp³-hybridized carbons (Fsp3) is 1.00. The van der Waals surface area contributed by atoms with Gasteiger partial charge in [0.25, 0.3) is 0 Å². The van der Waals surface area contributed by atoms with E-state index in [1.807, 2.05) is 0 Å². The van der Waals surface area contributed by atoms with Gasteiger partial charge in [0.2, 0.25) is 0 Å². The van der Waals surface area contributed by atoms with Gasteiger partial charge in [-0.25, -0.2) is 0 Å². The summed E-state index contributed by atoms with van der Waals surface area (Å²) >= 11 is 0. The van der Waals surface area contributed by atoms with E-state index in [2.05, 4.69) is 39.5 Å². The van der Waals surface area contributed by atoms with E-state index in [4.69, 9.17) is 4.74 Å². The van der Waals surface area contributed by atoms with Crippen molar-refractivity contribution in [2.24, 2.45) is 52.3 Å². The third-order valence-corrected chi connectivity index (χ3v) is 12.4. The minimum Gasteiger partial charge on any atom is -0.379 e. The Bertz CT molecular complexity index is 655. The number of morpholine rings is 1. The first-order valence-electron chi connectivity index (χ1n) is 15.1. The van der Waals surface area contributed by atoms with Crippen LogP contribution in [0.5, 0.6) is 0 Å². The summed E-state index contributed by atoms with van der Waals surface area (Å²) in [5.41, 5.74) is 1.28. The molecule has 190 valence electrons. The van der Waals surface area contributed by atoms with Gasteiger partial charge in [-0.3, -0.25) is 4.90 Å². The highest BCUT2D eigenvalue weighted by Crippen LogP contribution is 2.68. The Kier molecular flexibility index (Phi) is 7.28. The summed E-state index contributed by atoms with van der Waals surface area (Å²) in [7, 11) is 0. The third-order valence-electron chi connectivity index (χ3n) is 12.4. The molecule has 0 N–H and O–H groups in total. The summed E-state index contributed by atoms with van der Waals surface area (Å²) in [5, 5.41) is 0. The maximum atomic E-state index is 5.65. The molecule has 2 nitrogen and oxygen atoms in total. The van der Waals surface area contributed by atoms with Crippen molar-refractivity contribution in [1.82, 2.24) is 4.90 Å². The molecule has 0 aromatic heterocycles. The molecule has 5 aliphatic rings. The summed E-state index contributed by atoms with van der Waals surface area (Å²) in [6, 6.07) is 0.847. The molecule has 0 amide bonds. The molecular weight excluding hydrogens is 402 g/mol. The molecule has 0 aromatic rings. The van der Waals surface area contributed by atoms with Gasteiger partial charge in [0.05, 0.1) is 13.2 Å². The van der Waals surface area contributed by atoms with E-state index in [0.717, 1.165) is 60.7 Å². The summed E-state index contributed by atoms with van der Waals surface area (Å²) in [6.07, 6.45) is 18.0. The second-order valence-electron chi connectivity index (χ2n) is 14.3. The summed E-state index contributed by atoms with van der Waals surface area (Å²) < 4.78 is 5.65. The minimum atomic E-state index is 0.633. The Balaban J connectivity index is 1.24. The van der Waals surface area contributed by atoms with Crippen LogP contribution < -0.4 is 0 Å². The topological polar surface area (TPSA) is 12.5 Å². The van der Waals surface area contributed by atoms with Crippen LogP contribution in [0.2, 0.25) is 0 Å². The van der Waals surface area contributed by atoms with E-state index in [0.29, 0.717) is 10.8 Å². The lowest BCUT2D eigenvalue weighted by Gasteiger charge is -2.62. The predicted octanol–water partition coefficient (Wildman–Crippen LogP) is 7.81. The Morgan fingerprint density at radius 2 is 1.55 bits per heavy atom. The average Bonchev–Trinajstić information content (AvgIpc) is 3.16. The number of rotatable bonds is 6. The summed E-state index contributed by atoms with van der Waals surface area (Å²) in [5.74, 6) is 6.88. The molecule has 0 spiro atoms. The summed E-state index contributed by atoms with van der Waals surface area (Å²) in [6.45, 7) is 17.2. The van der Waals surface area contributed by atoms with Crippen molar-refractivity contribution in [3.8, 4) is 0 Å². The van der Waals surface area contributed by atoms with Crippen LogP contribution in [-0.4, -0.2) is 37.2 Å². The lowest BCUT2D eigenvalue weighted by molar-refractivity contribution is -0.127. The molecule has 0 radical (unpaired) electrons. The van der Waals surface area contributed by atoms with Gasteiger partial charge in [0, 0.05) is 19.1 Å². The zero-order valence-corrected chi connectivity index (χ0v) is 22.8. The molecule has 1 heterocycles. The molecular formula is C31H55NO. The van der Waals surface area contributed by atoms with Gasteiger partial charge in [0.1, 0.15) is 0 Å². The van der Waals surface area contributed by atoms with Crippen molar-refractivity contribution in [2.75, 3.05) is 26.3 Å². The largest absolute Gasteiger partial charge is 0.379 e. The van der Waals surface area contributed by atoms with Crippen LogP contribution in [0.3, 0.4) is 0 Å². The quantitative estimate of drug-likeness (QED) is 0.403. The number of hydrogen-bond acceptors (Lipinski definition) is 2. The molecule has 33 heavy (non-hydrogen) atoms. The van der Waals surface area contributed by atoms with Crippen LogP contribution in [0.25, 0.3) is 0 Å². The van der Waals surface area contributed by atoms with Crippen molar-refractivity contribution < 1.29 is 4.74 Å². The van der Waals surface area contributed by atoms with E-state index < -0.39 is 0 Å². The van der Waals surface area contributed by atoms with Crippen LogP contribution >= 0.6 is 0 Å². The van der Waals surface area contributed by atoms with Crippen molar-refractivity contribution in [3.05, 3.63) is 0 Å². The van der Waals surface area contributed by atoms with Gasteiger partial charge in [-0.05, 0) is 110 Å². The summed E-state index contributed by atoms with van der Waals surface area (Å²) in [4.78, 5) is 2.79. The van der Waals surface area contributed by atoms with Gasteiger partial charge < -0.3 is 4.74 Å². The van der Waals surface area contributed by atoms with Gasteiger partial charge in [-0.1, -0.05) is 53.9 Å². The first kappa shape index (κ1) is 24.6. The van der Waals surface area contributed by atoms with Crippen molar-refractivity contribution in [2.45, 2.75) is 118 Å².